The Morgan fingerprint density at radius 3 is 3.00 bits per heavy atom. The number of carbonyl (C=O) groups excluding carboxylic acids is 1. The van der Waals surface area contributed by atoms with Gasteiger partial charge in [-0.05, 0) is 24.0 Å². The molecule has 3 rings (SSSR count). The zero-order valence-corrected chi connectivity index (χ0v) is 11.7. The second-order valence-electron chi connectivity index (χ2n) is 4.57. The molecule has 1 saturated heterocycles. The van der Waals surface area contributed by atoms with Crippen LogP contribution in [0, 0.1) is 0 Å². The number of fused-ring (bicyclic) bond motifs is 1. The maximum absolute atomic E-state index is 12.0. The highest BCUT2D eigenvalue weighted by Gasteiger charge is 2.28. The number of rotatable bonds is 2. The molecule has 1 amide bonds. The number of amides is 1. The van der Waals surface area contributed by atoms with Crippen molar-refractivity contribution >= 4 is 30.1 Å². The van der Waals surface area contributed by atoms with E-state index in [2.05, 4.69) is 28.8 Å². The highest BCUT2D eigenvalue weighted by atomic mass is 35.5. The Kier molecular flexibility index (Phi) is 4.54. The molecule has 2 atom stereocenters. The molecule has 5 heteroatoms. The topological polar surface area (TPSA) is 41.1 Å². The minimum atomic E-state index is -0.00670. The monoisotopic (exact) mass is 284 g/mol. The van der Waals surface area contributed by atoms with E-state index in [4.69, 9.17) is 0 Å². The summed E-state index contributed by atoms with van der Waals surface area (Å²) >= 11 is 1.78. The van der Waals surface area contributed by atoms with Crippen LogP contribution in [0.1, 0.15) is 23.6 Å². The summed E-state index contributed by atoms with van der Waals surface area (Å²) < 4.78 is 0. The van der Waals surface area contributed by atoms with E-state index < -0.39 is 0 Å². The lowest BCUT2D eigenvalue weighted by Crippen LogP contribution is -2.43. The molecule has 2 aliphatic rings. The first-order valence-electron chi connectivity index (χ1n) is 6.04. The fraction of sp³-hybridized carbons (Fsp3) is 0.462. The van der Waals surface area contributed by atoms with Gasteiger partial charge in [0.1, 0.15) is 0 Å². The van der Waals surface area contributed by atoms with Crippen LogP contribution in [0.15, 0.2) is 24.3 Å². The SMILES string of the molecule is Cl.O=C(NC1CCc2ccccc21)C1CSCN1. The number of nitrogens with one attached hydrogen (secondary N) is 2. The molecule has 1 heterocycles. The molecule has 3 nitrogen and oxygen atoms in total. The van der Waals surface area contributed by atoms with Crippen molar-refractivity contribution in [2.75, 3.05) is 11.6 Å². The van der Waals surface area contributed by atoms with Crippen LogP contribution in [0.4, 0.5) is 0 Å². The van der Waals surface area contributed by atoms with Gasteiger partial charge in [0.2, 0.25) is 5.91 Å². The van der Waals surface area contributed by atoms with Gasteiger partial charge in [-0.2, -0.15) is 0 Å². The second-order valence-corrected chi connectivity index (χ2v) is 5.60. The van der Waals surface area contributed by atoms with Crippen LogP contribution in [0.25, 0.3) is 0 Å². The molecular weight excluding hydrogens is 268 g/mol. The highest BCUT2D eigenvalue weighted by molar-refractivity contribution is 7.99. The standard InChI is InChI=1S/C13H16N2OS.ClH/c16-13(12-7-17-8-14-12)15-11-6-5-9-3-1-2-4-10(9)11;/h1-4,11-12,14H,5-8H2,(H,15,16);1H. The number of thioether (sulfide) groups is 1. The quantitative estimate of drug-likeness (QED) is 0.871. The summed E-state index contributed by atoms with van der Waals surface area (Å²) in [4.78, 5) is 12.0. The van der Waals surface area contributed by atoms with E-state index in [0.717, 1.165) is 24.5 Å². The molecule has 0 spiro atoms. The van der Waals surface area contributed by atoms with Crippen molar-refractivity contribution in [1.29, 1.82) is 0 Å². The third kappa shape index (κ3) is 2.66. The molecule has 0 aromatic heterocycles. The second kappa shape index (κ2) is 5.95. The first kappa shape index (κ1) is 13.7. The molecule has 2 unspecified atom stereocenters. The van der Waals surface area contributed by atoms with E-state index in [1.807, 2.05) is 6.07 Å². The lowest BCUT2D eigenvalue weighted by molar-refractivity contribution is -0.123. The molecule has 18 heavy (non-hydrogen) atoms. The van der Waals surface area contributed by atoms with Crippen LogP contribution >= 0.6 is 24.2 Å². The zero-order valence-electron chi connectivity index (χ0n) is 10.0. The summed E-state index contributed by atoms with van der Waals surface area (Å²) in [6.07, 6.45) is 2.11. The first-order valence-corrected chi connectivity index (χ1v) is 7.19. The van der Waals surface area contributed by atoms with Gasteiger partial charge in [-0.25, -0.2) is 0 Å². The Morgan fingerprint density at radius 2 is 2.22 bits per heavy atom. The molecule has 1 aromatic carbocycles. The van der Waals surface area contributed by atoms with E-state index in [0.29, 0.717) is 0 Å². The molecular formula is C13H17ClN2OS. The Labute approximate surface area is 118 Å². The van der Waals surface area contributed by atoms with Crippen LogP contribution < -0.4 is 10.6 Å². The highest BCUT2D eigenvalue weighted by Crippen LogP contribution is 2.30. The van der Waals surface area contributed by atoms with Crippen molar-refractivity contribution in [3.05, 3.63) is 35.4 Å². The third-order valence-electron chi connectivity index (χ3n) is 3.48. The van der Waals surface area contributed by atoms with Gasteiger partial charge in [0.05, 0.1) is 12.1 Å². The fourth-order valence-corrected chi connectivity index (χ4v) is 3.48. The smallest absolute Gasteiger partial charge is 0.238 e. The summed E-state index contributed by atoms with van der Waals surface area (Å²) in [5.41, 5.74) is 2.68. The van der Waals surface area contributed by atoms with E-state index in [9.17, 15) is 4.79 Å². The first-order chi connectivity index (χ1) is 8.34. The third-order valence-corrected chi connectivity index (χ3v) is 4.42. The van der Waals surface area contributed by atoms with Crippen molar-refractivity contribution < 1.29 is 4.79 Å². The molecule has 0 radical (unpaired) electrons. The van der Waals surface area contributed by atoms with Gasteiger partial charge in [-0.1, -0.05) is 24.3 Å². The summed E-state index contributed by atoms with van der Waals surface area (Å²) in [7, 11) is 0. The molecule has 0 bridgehead atoms. The molecule has 1 aromatic rings. The Bertz CT molecular complexity index is 435. The van der Waals surface area contributed by atoms with E-state index in [1.165, 1.54) is 11.1 Å². The normalized spacial score (nSPS) is 25.3. The van der Waals surface area contributed by atoms with E-state index >= 15 is 0 Å². The summed E-state index contributed by atoms with van der Waals surface area (Å²) in [6, 6.07) is 8.61. The van der Waals surface area contributed by atoms with Gasteiger partial charge in [0.15, 0.2) is 0 Å². The Hall–Kier alpha value is -0.710. The average molecular weight is 285 g/mol. The lowest BCUT2D eigenvalue weighted by Gasteiger charge is -2.17. The van der Waals surface area contributed by atoms with Crippen LogP contribution in [-0.2, 0) is 11.2 Å². The van der Waals surface area contributed by atoms with Crippen molar-refractivity contribution in [3.8, 4) is 0 Å². The fourth-order valence-electron chi connectivity index (χ4n) is 2.54. The zero-order chi connectivity index (χ0) is 11.7. The summed E-state index contributed by atoms with van der Waals surface area (Å²) in [5.74, 6) is 1.93. The number of hydrogen-bond donors (Lipinski definition) is 2. The average Bonchev–Trinajstić information content (AvgIpc) is 2.98. The number of aryl methyl sites for hydroxylation is 1. The predicted octanol–water partition coefficient (Wildman–Crippen LogP) is 1.87. The number of carbonyl (C=O) groups is 1. The predicted molar refractivity (Wildman–Crippen MR) is 77.1 cm³/mol. The minimum absolute atomic E-state index is 0. The van der Waals surface area contributed by atoms with Crippen LogP contribution in [0.2, 0.25) is 0 Å². The van der Waals surface area contributed by atoms with E-state index in [-0.39, 0.29) is 30.4 Å². The molecule has 1 aliphatic heterocycles. The van der Waals surface area contributed by atoms with Gasteiger partial charge in [0, 0.05) is 11.6 Å². The van der Waals surface area contributed by atoms with Crippen molar-refractivity contribution in [2.45, 2.75) is 24.9 Å². The van der Waals surface area contributed by atoms with Crippen molar-refractivity contribution in [1.82, 2.24) is 10.6 Å². The molecule has 1 fully saturated rings. The number of halogens is 1. The lowest BCUT2D eigenvalue weighted by atomic mass is 10.1. The van der Waals surface area contributed by atoms with Gasteiger partial charge in [-0.15, -0.1) is 24.2 Å². The Balaban J connectivity index is 0.00000120. The van der Waals surface area contributed by atoms with Gasteiger partial charge in [0.25, 0.3) is 0 Å². The number of hydrogen-bond acceptors (Lipinski definition) is 3. The summed E-state index contributed by atoms with van der Waals surface area (Å²) in [6.45, 7) is 0. The van der Waals surface area contributed by atoms with Gasteiger partial charge < -0.3 is 5.32 Å². The molecule has 98 valence electrons. The molecule has 2 N–H and O–H groups in total. The van der Waals surface area contributed by atoms with Crippen molar-refractivity contribution in [3.63, 3.8) is 0 Å². The minimum Gasteiger partial charge on any atom is -0.348 e. The number of benzene rings is 1. The van der Waals surface area contributed by atoms with Crippen LogP contribution in [0.5, 0.6) is 0 Å². The maximum Gasteiger partial charge on any atom is 0.238 e. The molecule has 0 saturated carbocycles. The maximum atomic E-state index is 12.0. The van der Waals surface area contributed by atoms with Gasteiger partial charge >= 0.3 is 0 Å². The Morgan fingerprint density at radius 1 is 1.39 bits per heavy atom. The van der Waals surface area contributed by atoms with E-state index in [1.54, 1.807) is 11.8 Å². The van der Waals surface area contributed by atoms with Crippen LogP contribution in [-0.4, -0.2) is 23.6 Å². The van der Waals surface area contributed by atoms with Crippen molar-refractivity contribution in [2.24, 2.45) is 0 Å². The molecule has 1 aliphatic carbocycles. The summed E-state index contributed by atoms with van der Waals surface area (Å²) in [5, 5.41) is 6.37. The van der Waals surface area contributed by atoms with Crippen LogP contribution in [0.3, 0.4) is 0 Å². The van der Waals surface area contributed by atoms with Gasteiger partial charge in [-0.3, -0.25) is 10.1 Å². The largest absolute Gasteiger partial charge is 0.348 e.